The van der Waals surface area contributed by atoms with Gasteiger partial charge in [0.15, 0.2) is 5.16 Å². The number of fused-ring (bicyclic) bond motifs is 1. The predicted octanol–water partition coefficient (Wildman–Crippen LogP) is 1.58. The molecule has 3 N–H and O–H groups in total. The zero-order valence-corrected chi connectivity index (χ0v) is 18.8. The largest absolute Gasteiger partial charge is 0.356 e. The van der Waals surface area contributed by atoms with Crippen LogP contribution in [0, 0.1) is 0 Å². The number of hydrogen-bond acceptors (Lipinski definition) is 6. The van der Waals surface area contributed by atoms with Crippen LogP contribution in [0.25, 0.3) is 0 Å². The van der Waals surface area contributed by atoms with E-state index >= 15 is 0 Å². The summed E-state index contributed by atoms with van der Waals surface area (Å²) in [6, 6.07) is 7.59. The number of carbonyl (C=O) groups is 1. The molecule has 1 aromatic heterocycles. The maximum Gasteiger partial charge on any atom is 0.254 e. The average molecular weight is 451 g/mol. The molecule has 0 fully saturated rings. The summed E-state index contributed by atoms with van der Waals surface area (Å²) in [5.74, 6) is 0.500. The summed E-state index contributed by atoms with van der Waals surface area (Å²) in [6.45, 7) is 6.45. The molecule has 1 aliphatic rings. The van der Waals surface area contributed by atoms with Crippen LogP contribution in [0.5, 0.6) is 0 Å². The van der Waals surface area contributed by atoms with Gasteiger partial charge in [-0.3, -0.25) is 14.2 Å². The Morgan fingerprint density at radius 1 is 1.30 bits per heavy atom. The van der Waals surface area contributed by atoms with Crippen LogP contribution in [-0.4, -0.2) is 36.2 Å². The van der Waals surface area contributed by atoms with E-state index in [4.69, 9.17) is 5.14 Å². The number of nitrogens with one attached hydrogen (secondary N) is 1. The van der Waals surface area contributed by atoms with Crippen LogP contribution >= 0.6 is 11.8 Å². The Morgan fingerprint density at radius 2 is 1.97 bits per heavy atom. The van der Waals surface area contributed by atoms with Crippen molar-refractivity contribution < 1.29 is 13.2 Å². The number of nitrogens with two attached hydrogens (primary N) is 1. The highest BCUT2D eigenvalue weighted by Crippen LogP contribution is 2.33. The van der Waals surface area contributed by atoms with E-state index in [0.717, 1.165) is 11.3 Å². The van der Waals surface area contributed by atoms with E-state index in [1.807, 2.05) is 20.8 Å². The molecule has 1 unspecified atom stereocenters. The van der Waals surface area contributed by atoms with Crippen molar-refractivity contribution in [3.05, 3.63) is 51.9 Å². The van der Waals surface area contributed by atoms with Crippen LogP contribution in [0.3, 0.4) is 0 Å². The Kier molecular flexibility index (Phi) is 6.40. The number of carbonyl (C=O) groups excluding carboxylic acids is 1. The van der Waals surface area contributed by atoms with E-state index in [-0.39, 0.29) is 34.2 Å². The van der Waals surface area contributed by atoms with E-state index in [2.05, 4.69) is 10.3 Å². The van der Waals surface area contributed by atoms with Crippen molar-refractivity contribution in [1.82, 2.24) is 14.9 Å². The van der Waals surface area contributed by atoms with E-state index in [0.29, 0.717) is 23.9 Å². The molecule has 10 heteroatoms. The summed E-state index contributed by atoms with van der Waals surface area (Å²) in [4.78, 5) is 29.6. The maximum absolute atomic E-state index is 12.6. The smallest absolute Gasteiger partial charge is 0.254 e. The van der Waals surface area contributed by atoms with Gasteiger partial charge in [0.25, 0.3) is 5.56 Å². The minimum absolute atomic E-state index is 0.0568. The number of primary sulfonamides is 1. The van der Waals surface area contributed by atoms with Crippen molar-refractivity contribution in [2.75, 3.05) is 12.3 Å². The molecule has 1 amide bonds. The van der Waals surface area contributed by atoms with Crippen molar-refractivity contribution in [2.45, 2.75) is 55.1 Å². The highest BCUT2D eigenvalue weighted by Gasteiger charge is 2.29. The van der Waals surface area contributed by atoms with Gasteiger partial charge in [-0.25, -0.2) is 18.5 Å². The Hall–Kier alpha value is -2.17. The van der Waals surface area contributed by atoms with Crippen molar-refractivity contribution in [3.63, 3.8) is 0 Å². The molecule has 1 aliphatic heterocycles. The molecule has 1 atom stereocenters. The van der Waals surface area contributed by atoms with E-state index in [9.17, 15) is 18.0 Å². The van der Waals surface area contributed by atoms with Gasteiger partial charge in [-0.2, -0.15) is 0 Å². The zero-order valence-electron chi connectivity index (χ0n) is 17.2. The lowest BCUT2D eigenvalue weighted by Gasteiger charge is -2.19. The standard InChI is InChI=1S/C20H26N4O4S2/c1-20(2,3)16-11-18(26)24-14(12-29-19(24)23-16)10-17(25)22-9-8-13-4-6-15(7-5-13)30(21,27)28/h4-7,11,14H,8-10,12H2,1-3H3,(H,22,25)(H2,21,27,28). The Balaban J connectivity index is 1.56. The van der Waals surface area contributed by atoms with Gasteiger partial charge in [-0.1, -0.05) is 44.7 Å². The molecule has 2 heterocycles. The molecule has 0 aliphatic carbocycles. The van der Waals surface area contributed by atoms with Crippen LogP contribution in [0.2, 0.25) is 0 Å². The molecule has 0 saturated carbocycles. The molecule has 0 bridgehead atoms. The van der Waals surface area contributed by atoms with Gasteiger partial charge in [-0.05, 0) is 24.1 Å². The lowest BCUT2D eigenvalue weighted by Crippen LogP contribution is -2.32. The first-order valence-electron chi connectivity index (χ1n) is 9.60. The summed E-state index contributed by atoms with van der Waals surface area (Å²) in [5, 5.41) is 8.61. The van der Waals surface area contributed by atoms with E-state index in [1.54, 1.807) is 22.8 Å². The molecular weight excluding hydrogens is 424 g/mol. The van der Waals surface area contributed by atoms with Gasteiger partial charge < -0.3 is 5.32 Å². The lowest BCUT2D eigenvalue weighted by atomic mass is 9.92. The highest BCUT2D eigenvalue weighted by molar-refractivity contribution is 7.99. The number of sulfonamides is 1. The van der Waals surface area contributed by atoms with Crippen LogP contribution in [0.1, 0.15) is 44.5 Å². The third kappa shape index (κ3) is 5.30. The number of aromatic nitrogens is 2. The number of benzene rings is 1. The van der Waals surface area contributed by atoms with Gasteiger partial charge in [0.2, 0.25) is 15.9 Å². The molecule has 0 spiro atoms. The third-order valence-corrected chi connectivity index (χ3v) is 6.89. The second-order valence-corrected chi connectivity index (χ2v) is 10.9. The van der Waals surface area contributed by atoms with Gasteiger partial charge in [-0.15, -0.1) is 0 Å². The van der Waals surface area contributed by atoms with Crippen molar-refractivity contribution in [3.8, 4) is 0 Å². The fraction of sp³-hybridized carbons (Fsp3) is 0.450. The fourth-order valence-electron chi connectivity index (χ4n) is 3.17. The Labute approximate surface area is 180 Å². The van der Waals surface area contributed by atoms with Crippen LogP contribution in [-0.2, 0) is 26.7 Å². The van der Waals surface area contributed by atoms with Crippen molar-refractivity contribution in [2.24, 2.45) is 5.14 Å². The zero-order chi connectivity index (χ0) is 22.1. The van der Waals surface area contributed by atoms with Gasteiger partial charge in [0.1, 0.15) is 0 Å². The molecule has 2 aromatic rings. The van der Waals surface area contributed by atoms with Crippen LogP contribution in [0.15, 0.2) is 45.2 Å². The third-order valence-electron chi connectivity index (χ3n) is 4.87. The molecule has 1 aromatic carbocycles. The van der Waals surface area contributed by atoms with Gasteiger partial charge >= 0.3 is 0 Å². The van der Waals surface area contributed by atoms with Crippen LogP contribution < -0.4 is 16.0 Å². The fourth-order valence-corrected chi connectivity index (χ4v) is 4.83. The SMILES string of the molecule is CC(C)(C)c1cc(=O)n2c(n1)SCC2CC(=O)NCCc1ccc(S(N)(=O)=O)cc1. The number of nitrogens with zero attached hydrogens (tertiary/aromatic N) is 2. The van der Waals surface area contributed by atoms with E-state index < -0.39 is 10.0 Å². The van der Waals surface area contributed by atoms with Gasteiger partial charge in [0, 0.05) is 30.2 Å². The number of amides is 1. The van der Waals surface area contributed by atoms with Crippen LogP contribution in [0.4, 0.5) is 0 Å². The summed E-state index contributed by atoms with van der Waals surface area (Å²) in [7, 11) is -3.71. The highest BCUT2D eigenvalue weighted by atomic mass is 32.2. The number of rotatable bonds is 6. The second kappa shape index (κ2) is 8.52. The quantitative estimate of drug-likeness (QED) is 0.644. The molecular formula is C20H26N4O4S2. The first-order valence-corrected chi connectivity index (χ1v) is 12.1. The Morgan fingerprint density at radius 3 is 2.57 bits per heavy atom. The summed E-state index contributed by atoms with van der Waals surface area (Å²) in [5.41, 5.74) is 1.31. The topological polar surface area (TPSA) is 124 Å². The van der Waals surface area contributed by atoms with E-state index in [1.165, 1.54) is 23.9 Å². The molecule has 0 saturated heterocycles. The summed E-state index contributed by atoms with van der Waals surface area (Å²) < 4.78 is 24.2. The molecule has 0 radical (unpaired) electrons. The molecule has 8 nitrogen and oxygen atoms in total. The number of thioether (sulfide) groups is 1. The lowest BCUT2D eigenvalue weighted by molar-refractivity contribution is -0.121. The minimum atomic E-state index is -3.71. The Bertz CT molecular complexity index is 1100. The monoisotopic (exact) mass is 450 g/mol. The number of hydrogen-bond donors (Lipinski definition) is 2. The second-order valence-electron chi connectivity index (χ2n) is 8.34. The molecule has 3 rings (SSSR count). The molecule has 30 heavy (non-hydrogen) atoms. The van der Waals surface area contributed by atoms with Crippen molar-refractivity contribution >= 4 is 27.7 Å². The minimum Gasteiger partial charge on any atom is -0.356 e. The predicted molar refractivity (Wildman–Crippen MR) is 116 cm³/mol. The first kappa shape index (κ1) is 22.5. The molecule has 162 valence electrons. The van der Waals surface area contributed by atoms with Gasteiger partial charge in [0.05, 0.1) is 16.6 Å². The average Bonchev–Trinajstić information content (AvgIpc) is 3.04. The maximum atomic E-state index is 12.6. The first-order chi connectivity index (χ1) is 13.9. The summed E-state index contributed by atoms with van der Waals surface area (Å²) >= 11 is 1.50. The summed E-state index contributed by atoms with van der Waals surface area (Å²) in [6.07, 6.45) is 0.768. The normalized spacial score (nSPS) is 16.3. The van der Waals surface area contributed by atoms with Crippen molar-refractivity contribution in [1.29, 1.82) is 0 Å².